The van der Waals surface area contributed by atoms with Crippen molar-refractivity contribution in [3.63, 3.8) is 0 Å². The van der Waals surface area contributed by atoms with E-state index in [1.807, 2.05) is 26.0 Å². The zero-order valence-corrected chi connectivity index (χ0v) is 13.2. The minimum Gasteiger partial charge on any atom is -0.207 e. The molecule has 1 unspecified atom stereocenters. The average molecular weight is 266 g/mol. The van der Waals surface area contributed by atoms with Gasteiger partial charge in [0.15, 0.2) is 0 Å². The first kappa shape index (κ1) is 18.1. The molecule has 0 saturated heterocycles. The summed E-state index contributed by atoms with van der Waals surface area (Å²) in [6.45, 7) is 8.50. The summed E-state index contributed by atoms with van der Waals surface area (Å²) >= 11 is 0. The maximum absolute atomic E-state index is 12.8. The van der Waals surface area contributed by atoms with Crippen molar-refractivity contribution in [2.75, 3.05) is 0 Å². The number of hydrogen-bond acceptors (Lipinski definition) is 0. The second-order valence-electron chi connectivity index (χ2n) is 4.95. The fraction of sp³-hybridized carbons (Fsp3) is 0.667. The lowest BCUT2D eigenvalue weighted by atomic mass is 9.91. The fourth-order valence-electron chi connectivity index (χ4n) is 2.26. The van der Waals surface area contributed by atoms with Crippen molar-refractivity contribution in [1.82, 2.24) is 0 Å². The third-order valence-electron chi connectivity index (χ3n) is 3.48. The molecule has 0 spiro atoms. The van der Waals surface area contributed by atoms with Crippen LogP contribution in [0, 0.1) is 11.7 Å². The third-order valence-corrected chi connectivity index (χ3v) is 3.48. The van der Waals surface area contributed by atoms with Crippen molar-refractivity contribution in [2.24, 2.45) is 5.92 Å². The Morgan fingerprint density at radius 3 is 2.11 bits per heavy atom. The molecule has 0 radical (unpaired) electrons. The van der Waals surface area contributed by atoms with E-state index in [0.29, 0.717) is 0 Å². The second kappa shape index (κ2) is 12.2. The number of benzene rings is 1. The van der Waals surface area contributed by atoms with E-state index < -0.39 is 0 Å². The van der Waals surface area contributed by atoms with Crippen LogP contribution in [0.2, 0.25) is 0 Å². The van der Waals surface area contributed by atoms with Gasteiger partial charge >= 0.3 is 0 Å². The van der Waals surface area contributed by atoms with Gasteiger partial charge in [0.05, 0.1) is 0 Å². The van der Waals surface area contributed by atoms with Gasteiger partial charge in [0.2, 0.25) is 0 Å². The number of unbranched alkanes of at least 4 members (excludes halogenated alkanes) is 3. The molecule has 19 heavy (non-hydrogen) atoms. The van der Waals surface area contributed by atoms with Gasteiger partial charge in [-0.25, -0.2) is 4.39 Å². The summed E-state index contributed by atoms with van der Waals surface area (Å²) in [6, 6.07) is 6.98. The Morgan fingerprint density at radius 1 is 0.947 bits per heavy atom. The molecule has 0 N–H and O–H groups in total. The standard InChI is InChI=1S/C16H25F.C2H6/c1-3-5-6-7-8-14(4-2)13-15-9-11-16(17)12-10-15;1-2/h9-12,14H,3-8,13H2,1-2H3;1-2H3. The Kier molecular flexibility index (Phi) is 11.7. The first-order valence-electron chi connectivity index (χ1n) is 8.00. The monoisotopic (exact) mass is 266 g/mol. The molecular weight excluding hydrogens is 235 g/mol. The van der Waals surface area contributed by atoms with Crippen LogP contribution in [0.3, 0.4) is 0 Å². The lowest BCUT2D eigenvalue weighted by molar-refractivity contribution is 0.439. The van der Waals surface area contributed by atoms with Crippen LogP contribution in [0.25, 0.3) is 0 Å². The zero-order valence-electron chi connectivity index (χ0n) is 13.2. The van der Waals surface area contributed by atoms with Crippen molar-refractivity contribution in [3.8, 4) is 0 Å². The molecular formula is C18H31F. The molecule has 0 fully saturated rings. The Labute approximate surface area is 119 Å². The van der Waals surface area contributed by atoms with E-state index in [9.17, 15) is 4.39 Å². The highest BCUT2D eigenvalue weighted by Gasteiger charge is 2.07. The second-order valence-corrected chi connectivity index (χ2v) is 4.95. The van der Waals surface area contributed by atoms with Crippen LogP contribution in [-0.4, -0.2) is 0 Å². The van der Waals surface area contributed by atoms with Crippen LogP contribution in [0.15, 0.2) is 24.3 Å². The summed E-state index contributed by atoms with van der Waals surface area (Å²) in [7, 11) is 0. The summed E-state index contributed by atoms with van der Waals surface area (Å²) in [5, 5.41) is 0. The minimum absolute atomic E-state index is 0.134. The van der Waals surface area contributed by atoms with Gasteiger partial charge in [-0.05, 0) is 30.0 Å². The highest BCUT2D eigenvalue weighted by molar-refractivity contribution is 5.16. The van der Waals surface area contributed by atoms with E-state index >= 15 is 0 Å². The van der Waals surface area contributed by atoms with Gasteiger partial charge in [0.1, 0.15) is 5.82 Å². The van der Waals surface area contributed by atoms with Crippen LogP contribution >= 0.6 is 0 Å². The summed E-state index contributed by atoms with van der Waals surface area (Å²) in [6.07, 6.45) is 8.99. The van der Waals surface area contributed by atoms with E-state index in [4.69, 9.17) is 0 Å². The van der Waals surface area contributed by atoms with Gasteiger partial charge in [-0.2, -0.15) is 0 Å². The van der Waals surface area contributed by atoms with E-state index in [-0.39, 0.29) is 5.82 Å². The van der Waals surface area contributed by atoms with E-state index in [1.165, 1.54) is 44.1 Å². The van der Waals surface area contributed by atoms with Gasteiger partial charge in [0.25, 0.3) is 0 Å². The van der Waals surface area contributed by atoms with Crippen molar-refractivity contribution in [3.05, 3.63) is 35.6 Å². The normalized spacial score (nSPS) is 11.6. The van der Waals surface area contributed by atoms with Crippen LogP contribution in [-0.2, 0) is 6.42 Å². The molecule has 1 heteroatoms. The van der Waals surface area contributed by atoms with Gasteiger partial charge in [-0.3, -0.25) is 0 Å². The molecule has 0 aliphatic carbocycles. The SMILES string of the molecule is CC.CCCCCCC(CC)Cc1ccc(F)cc1. The van der Waals surface area contributed by atoms with Crippen LogP contribution < -0.4 is 0 Å². The molecule has 0 aliphatic heterocycles. The minimum atomic E-state index is -0.134. The van der Waals surface area contributed by atoms with Crippen molar-refractivity contribution >= 4 is 0 Å². The quantitative estimate of drug-likeness (QED) is 0.478. The molecule has 0 saturated carbocycles. The van der Waals surface area contributed by atoms with E-state index in [1.54, 1.807) is 12.1 Å². The number of halogens is 1. The predicted molar refractivity (Wildman–Crippen MR) is 84.0 cm³/mol. The third kappa shape index (κ3) is 8.80. The fourth-order valence-corrected chi connectivity index (χ4v) is 2.26. The average Bonchev–Trinajstić information content (AvgIpc) is 2.46. The van der Waals surface area contributed by atoms with Crippen LogP contribution in [0.4, 0.5) is 4.39 Å². The van der Waals surface area contributed by atoms with Crippen LogP contribution in [0.5, 0.6) is 0 Å². The molecule has 1 aromatic rings. The van der Waals surface area contributed by atoms with Crippen LogP contribution in [0.1, 0.15) is 71.8 Å². The largest absolute Gasteiger partial charge is 0.207 e. The Bertz CT molecular complexity index is 289. The molecule has 1 rings (SSSR count). The Morgan fingerprint density at radius 2 is 1.58 bits per heavy atom. The maximum Gasteiger partial charge on any atom is 0.123 e. The highest BCUT2D eigenvalue weighted by Crippen LogP contribution is 2.19. The molecule has 0 aliphatic rings. The summed E-state index contributed by atoms with van der Waals surface area (Å²) in [4.78, 5) is 0. The molecule has 0 aromatic heterocycles. The first-order valence-corrected chi connectivity index (χ1v) is 8.00. The Balaban J connectivity index is 0.00000154. The van der Waals surface area contributed by atoms with Gasteiger partial charge < -0.3 is 0 Å². The highest BCUT2D eigenvalue weighted by atomic mass is 19.1. The topological polar surface area (TPSA) is 0 Å². The molecule has 0 heterocycles. The van der Waals surface area contributed by atoms with Crippen molar-refractivity contribution < 1.29 is 4.39 Å². The molecule has 0 bridgehead atoms. The lowest BCUT2D eigenvalue weighted by Gasteiger charge is -2.14. The van der Waals surface area contributed by atoms with Gasteiger partial charge in [-0.15, -0.1) is 0 Å². The zero-order chi connectivity index (χ0) is 14.5. The Hall–Kier alpha value is -0.850. The molecule has 110 valence electrons. The van der Waals surface area contributed by atoms with Crippen molar-refractivity contribution in [2.45, 2.75) is 72.6 Å². The maximum atomic E-state index is 12.8. The lowest BCUT2D eigenvalue weighted by Crippen LogP contribution is -2.03. The smallest absolute Gasteiger partial charge is 0.123 e. The molecule has 0 nitrogen and oxygen atoms in total. The number of hydrogen-bond donors (Lipinski definition) is 0. The molecule has 1 atom stereocenters. The summed E-state index contributed by atoms with van der Waals surface area (Å²) in [5.74, 6) is 0.627. The van der Waals surface area contributed by atoms with E-state index in [2.05, 4.69) is 13.8 Å². The summed E-state index contributed by atoms with van der Waals surface area (Å²) in [5.41, 5.74) is 1.27. The van der Waals surface area contributed by atoms with Gasteiger partial charge in [0, 0.05) is 0 Å². The van der Waals surface area contributed by atoms with E-state index in [0.717, 1.165) is 12.3 Å². The van der Waals surface area contributed by atoms with Crippen molar-refractivity contribution in [1.29, 1.82) is 0 Å². The number of rotatable bonds is 8. The first-order chi connectivity index (χ1) is 9.26. The predicted octanol–water partition coefficient (Wildman–Crippen LogP) is 6.39. The molecule has 0 amide bonds. The summed E-state index contributed by atoms with van der Waals surface area (Å²) < 4.78 is 12.8. The molecule has 1 aromatic carbocycles. The van der Waals surface area contributed by atoms with Gasteiger partial charge in [-0.1, -0.05) is 78.4 Å².